The molecule has 162 valence electrons. The van der Waals surface area contributed by atoms with E-state index in [1.807, 2.05) is 13.0 Å². The SMILES string of the molecule is Cc1cc(N2CCCC2)nc(Nc2ccc(NS(=O)(=O)Cc3cccc(Cl)c3)cc2)n1. The van der Waals surface area contributed by atoms with Crippen LogP contribution < -0.4 is 14.9 Å². The summed E-state index contributed by atoms with van der Waals surface area (Å²) in [5.74, 6) is 1.30. The predicted molar refractivity (Wildman–Crippen MR) is 126 cm³/mol. The van der Waals surface area contributed by atoms with Crippen LogP contribution in [0, 0.1) is 6.92 Å². The van der Waals surface area contributed by atoms with E-state index in [1.54, 1.807) is 48.5 Å². The number of hydrogen-bond donors (Lipinski definition) is 2. The lowest BCUT2D eigenvalue weighted by Crippen LogP contribution is -2.19. The van der Waals surface area contributed by atoms with Gasteiger partial charge in [0.2, 0.25) is 16.0 Å². The van der Waals surface area contributed by atoms with Crippen molar-refractivity contribution in [3.63, 3.8) is 0 Å². The highest BCUT2D eigenvalue weighted by atomic mass is 35.5. The number of nitrogens with zero attached hydrogens (tertiary/aromatic N) is 3. The second kappa shape index (κ2) is 9.11. The first-order valence-electron chi connectivity index (χ1n) is 10.1. The first-order chi connectivity index (χ1) is 14.9. The number of rotatable bonds is 7. The van der Waals surface area contributed by atoms with E-state index in [0.717, 1.165) is 30.3 Å². The fourth-order valence-electron chi connectivity index (χ4n) is 3.53. The van der Waals surface area contributed by atoms with Crippen LogP contribution in [0.15, 0.2) is 54.6 Å². The highest BCUT2D eigenvalue weighted by Crippen LogP contribution is 2.23. The second-order valence-electron chi connectivity index (χ2n) is 7.58. The van der Waals surface area contributed by atoms with Gasteiger partial charge in [-0.3, -0.25) is 4.72 Å². The summed E-state index contributed by atoms with van der Waals surface area (Å²) in [5.41, 5.74) is 2.78. The normalized spacial score (nSPS) is 13.9. The molecule has 3 aromatic rings. The Labute approximate surface area is 187 Å². The lowest BCUT2D eigenvalue weighted by Gasteiger charge is -2.17. The Morgan fingerprint density at radius 2 is 1.71 bits per heavy atom. The first-order valence-corrected chi connectivity index (χ1v) is 12.1. The van der Waals surface area contributed by atoms with Gasteiger partial charge in [0.05, 0.1) is 5.75 Å². The molecule has 0 spiro atoms. The van der Waals surface area contributed by atoms with Crippen molar-refractivity contribution in [1.82, 2.24) is 9.97 Å². The summed E-state index contributed by atoms with van der Waals surface area (Å²) >= 11 is 5.94. The summed E-state index contributed by atoms with van der Waals surface area (Å²) in [4.78, 5) is 11.4. The van der Waals surface area contributed by atoms with E-state index >= 15 is 0 Å². The lowest BCUT2D eigenvalue weighted by atomic mass is 10.2. The Morgan fingerprint density at radius 3 is 2.42 bits per heavy atom. The van der Waals surface area contributed by atoms with Crippen molar-refractivity contribution in [3.8, 4) is 0 Å². The molecule has 2 heterocycles. The topological polar surface area (TPSA) is 87.2 Å². The smallest absolute Gasteiger partial charge is 0.236 e. The molecular weight excluding hydrogens is 434 g/mol. The molecule has 0 amide bonds. The summed E-state index contributed by atoms with van der Waals surface area (Å²) in [7, 11) is -3.56. The van der Waals surface area contributed by atoms with Gasteiger partial charge in [-0.15, -0.1) is 0 Å². The largest absolute Gasteiger partial charge is 0.356 e. The van der Waals surface area contributed by atoms with Crippen LogP contribution in [-0.2, 0) is 15.8 Å². The number of aromatic nitrogens is 2. The summed E-state index contributed by atoms with van der Waals surface area (Å²) < 4.78 is 27.5. The van der Waals surface area contributed by atoms with E-state index in [2.05, 4.69) is 24.9 Å². The van der Waals surface area contributed by atoms with Gasteiger partial charge < -0.3 is 10.2 Å². The van der Waals surface area contributed by atoms with Crippen molar-refractivity contribution < 1.29 is 8.42 Å². The molecular formula is C22H24ClN5O2S. The van der Waals surface area contributed by atoms with Gasteiger partial charge in [-0.25, -0.2) is 13.4 Å². The van der Waals surface area contributed by atoms with Gasteiger partial charge in [-0.05, 0) is 61.7 Å². The van der Waals surface area contributed by atoms with Crippen LogP contribution in [0.1, 0.15) is 24.1 Å². The Morgan fingerprint density at radius 1 is 1.00 bits per heavy atom. The van der Waals surface area contributed by atoms with Crippen LogP contribution in [0.5, 0.6) is 0 Å². The molecule has 1 fully saturated rings. The molecule has 9 heteroatoms. The van der Waals surface area contributed by atoms with Crippen molar-refractivity contribution in [2.24, 2.45) is 0 Å². The zero-order valence-corrected chi connectivity index (χ0v) is 18.7. The van der Waals surface area contributed by atoms with Gasteiger partial charge in [0.25, 0.3) is 0 Å². The van der Waals surface area contributed by atoms with E-state index in [4.69, 9.17) is 11.6 Å². The first kappa shape index (κ1) is 21.4. The molecule has 0 aliphatic carbocycles. The molecule has 7 nitrogen and oxygen atoms in total. The van der Waals surface area contributed by atoms with Crippen LogP contribution in [0.25, 0.3) is 0 Å². The molecule has 0 unspecified atom stereocenters. The third-order valence-electron chi connectivity index (χ3n) is 4.93. The fraction of sp³-hybridized carbons (Fsp3) is 0.273. The van der Waals surface area contributed by atoms with E-state index < -0.39 is 10.0 Å². The molecule has 0 radical (unpaired) electrons. The number of nitrogens with one attached hydrogen (secondary N) is 2. The fourth-order valence-corrected chi connectivity index (χ4v) is 4.93. The number of hydrogen-bond acceptors (Lipinski definition) is 6. The van der Waals surface area contributed by atoms with Crippen LogP contribution >= 0.6 is 11.6 Å². The van der Waals surface area contributed by atoms with Crippen LogP contribution in [0.2, 0.25) is 5.02 Å². The minimum absolute atomic E-state index is 0.149. The maximum Gasteiger partial charge on any atom is 0.236 e. The van der Waals surface area contributed by atoms with E-state index in [-0.39, 0.29) is 5.75 Å². The van der Waals surface area contributed by atoms with Crippen molar-refractivity contribution in [2.75, 3.05) is 28.0 Å². The molecule has 0 bridgehead atoms. The maximum atomic E-state index is 12.5. The maximum absolute atomic E-state index is 12.5. The number of halogens is 1. The Hall–Kier alpha value is -2.84. The third kappa shape index (κ3) is 5.86. The standard InChI is InChI=1S/C22H24ClN5O2S/c1-16-13-21(28-11-2-3-12-28)26-22(24-16)25-19-7-9-20(10-8-19)27-31(29,30)15-17-5-4-6-18(23)14-17/h4-10,13-14,27H,2-3,11-12,15H2,1H3,(H,24,25,26). The Balaban J connectivity index is 1.42. The van der Waals surface area contributed by atoms with Gasteiger partial charge in [0.15, 0.2) is 0 Å². The molecule has 4 rings (SSSR count). The van der Waals surface area contributed by atoms with Gasteiger partial charge in [0, 0.05) is 41.2 Å². The zero-order chi connectivity index (χ0) is 21.8. The summed E-state index contributed by atoms with van der Waals surface area (Å²) in [6.07, 6.45) is 2.36. The van der Waals surface area contributed by atoms with Crippen LogP contribution in [0.3, 0.4) is 0 Å². The Bertz CT molecular complexity index is 1160. The zero-order valence-electron chi connectivity index (χ0n) is 17.2. The third-order valence-corrected chi connectivity index (χ3v) is 6.43. The van der Waals surface area contributed by atoms with E-state index in [1.165, 1.54) is 12.8 Å². The number of anilines is 4. The number of sulfonamides is 1. The molecule has 2 N–H and O–H groups in total. The van der Waals surface area contributed by atoms with Gasteiger partial charge in [0.1, 0.15) is 5.82 Å². The number of aryl methyl sites for hydroxylation is 1. The minimum atomic E-state index is -3.56. The summed E-state index contributed by atoms with van der Waals surface area (Å²) in [6.45, 7) is 3.98. The number of benzene rings is 2. The van der Waals surface area contributed by atoms with Crippen LogP contribution in [0.4, 0.5) is 23.1 Å². The average molecular weight is 458 g/mol. The van der Waals surface area contributed by atoms with Crippen molar-refractivity contribution in [2.45, 2.75) is 25.5 Å². The molecule has 2 aromatic carbocycles. The highest BCUT2D eigenvalue weighted by Gasteiger charge is 2.15. The molecule has 1 saturated heterocycles. The van der Waals surface area contributed by atoms with Crippen molar-refractivity contribution in [3.05, 3.63) is 70.9 Å². The molecule has 1 aliphatic rings. The molecule has 1 aliphatic heterocycles. The van der Waals surface area contributed by atoms with Crippen LogP contribution in [-0.4, -0.2) is 31.5 Å². The average Bonchev–Trinajstić information content (AvgIpc) is 3.23. The van der Waals surface area contributed by atoms with E-state index in [0.29, 0.717) is 22.2 Å². The summed E-state index contributed by atoms with van der Waals surface area (Å²) in [5, 5.41) is 3.71. The van der Waals surface area contributed by atoms with Gasteiger partial charge in [-0.1, -0.05) is 23.7 Å². The van der Waals surface area contributed by atoms with Gasteiger partial charge in [-0.2, -0.15) is 4.98 Å². The summed E-state index contributed by atoms with van der Waals surface area (Å²) in [6, 6.07) is 15.8. The molecule has 1 aromatic heterocycles. The van der Waals surface area contributed by atoms with Crippen molar-refractivity contribution in [1.29, 1.82) is 0 Å². The van der Waals surface area contributed by atoms with Gasteiger partial charge >= 0.3 is 0 Å². The molecule has 0 saturated carbocycles. The quantitative estimate of drug-likeness (QED) is 0.533. The van der Waals surface area contributed by atoms with Crippen molar-refractivity contribution >= 4 is 44.8 Å². The van der Waals surface area contributed by atoms with E-state index in [9.17, 15) is 8.42 Å². The molecule has 31 heavy (non-hydrogen) atoms. The predicted octanol–water partition coefficient (Wildman–Crippen LogP) is 4.72. The second-order valence-corrected chi connectivity index (χ2v) is 9.74. The highest BCUT2D eigenvalue weighted by molar-refractivity contribution is 7.91. The monoisotopic (exact) mass is 457 g/mol. The minimum Gasteiger partial charge on any atom is -0.356 e. The Kier molecular flexibility index (Phi) is 6.29. The lowest BCUT2D eigenvalue weighted by molar-refractivity contribution is 0.600. The molecule has 0 atom stereocenters.